The van der Waals surface area contributed by atoms with E-state index in [4.69, 9.17) is 0 Å². The molecule has 1 aliphatic heterocycles. The Morgan fingerprint density at radius 2 is 1.78 bits per heavy atom. The number of nitrogens with one attached hydrogen (secondary N) is 1. The minimum atomic E-state index is 0.0155. The molecule has 0 aromatic carbocycles. The number of amides is 1. The highest BCUT2D eigenvalue weighted by Crippen LogP contribution is 2.23. The van der Waals surface area contributed by atoms with Crippen LogP contribution in [0.1, 0.15) is 53.4 Å². The van der Waals surface area contributed by atoms with E-state index < -0.39 is 0 Å². The molecule has 23 heavy (non-hydrogen) atoms. The lowest BCUT2D eigenvalue weighted by atomic mass is 10.2. The molecule has 1 aliphatic carbocycles. The molecule has 4 nitrogen and oxygen atoms in total. The number of hydrogen-bond acceptors (Lipinski definition) is 4. The van der Waals surface area contributed by atoms with Crippen LogP contribution in [0.3, 0.4) is 0 Å². The summed E-state index contributed by atoms with van der Waals surface area (Å²) in [5, 5.41) is 3.24. The molecular weight excluding hydrogens is 306 g/mol. The maximum atomic E-state index is 12.4. The van der Waals surface area contributed by atoms with Crippen LogP contribution in [0.4, 0.5) is 0 Å². The van der Waals surface area contributed by atoms with Crippen molar-refractivity contribution in [2.45, 2.75) is 70.2 Å². The van der Waals surface area contributed by atoms with E-state index >= 15 is 0 Å². The summed E-state index contributed by atoms with van der Waals surface area (Å²) in [6, 6.07) is 0.447. The lowest BCUT2D eigenvalue weighted by Crippen LogP contribution is -2.55. The van der Waals surface area contributed by atoms with Gasteiger partial charge in [-0.1, -0.05) is 33.6 Å². The zero-order chi connectivity index (χ0) is 16.9. The Balaban J connectivity index is 1.65. The first-order chi connectivity index (χ1) is 10.8. The van der Waals surface area contributed by atoms with Gasteiger partial charge < -0.3 is 5.32 Å². The van der Waals surface area contributed by atoms with Crippen molar-refractivity contribution in [2.75, 3.05) is 38.5 Å². The summed E-state index contributed by atoms with van der Waals surface area (Å²) in [6.07, 6.45) is 4.87. The van der Waals surface area contributed by atoms with Crippen molar-refractivity contribution < 1.29 is 4.79 Å². The van der Waals surface area contributed by atoms with Crippen LogP contribution in [0.5, 0.6) is 0 Å². The summed E-state index contributed by atoms with van der Waals surface area (Å²) in [7, 11) is 0. The summed E-state index contributed by atoms with van der Waals surface area (Å²) in [5.41, 5.74) is 0. The molecule has 0 aromatic rings. The van der Waals surface area contributed by atoms with Crippen LogP contribution in [-0.4, -0.2) is 71.0 Å². The number of piperazine rings is 1. The molecule has 1 amide bonds. The molecule has 2 aliphatic rings. The fourth-order valence-corrected chi connectivity index (χ4v) is 4.37. The van der Waals surface area contributed by atoms with Crippen molar-refractivity contribution in [3.8, 4) is 0 Å². The van der Waals surface area contributed by atoms with Crippen molar-refractivity contribution in [1.29, 1.82) is 0 Å². The third-order valence-corrected chi connectivity index (χ3v) is 6.23. The molecular formula is C18H35N3OS. The first-order valence-electron chi connectivity index (χ1n) is 9.26. The lowest BCUT2D eigenvalue weighted by Gasteiger charge is -2.38. The topological polar surface area (TPSA) is 35.6 Å². The highest BCUT2D eigenvalue weighted by atomic mass is 32.2. The predicted octanol–water partition coefficient (Wildman–Crippen LogP) is 2.58. The number of rotatable bonds is 6. The molecule has 1 saturated heterocycles. The van der Waals surface area contributed by atoms with E-state index in [1.807, 2.05) is 11.8 Å². The average molecular weight is 342 g/mol. The van der Waals surface area contributed by atoms with Crippen LogP contribution in [0.15, 0.2) is 0 Å². The Morgan fingerprint density at radius 1 is 1.17 bits per heavy atom. The van der Waals surface area contributed by atoms with E-state index in [2.05, 4.69) is 42.8 Å². The Bertz CT molecular complexity index is 369. The monoisotopic (exact) mass is 341 g/mol. The van der Waals surface area contributed by atoms with Gasteiger partial charge in [-0.3, -0.25) is 14.6 Å². The number of thioether (sulfide) groups is 1. The van der Waals surface area contributed by atoms with Gasteiger partial charge in [-0.15, -0.1) is 0 Å². The highest BCUT2D eigenvalue weighted by Gasteiger charge is 2.27. The summed E-state index contributed by atoms with van der Waals surface area (Å²) < 4.78 is 0.356. The second-order valence-corrected chi connectivity index (χ2v) is 9.93. The molecule has 1 saturated carbocycles. The van der Waals surface area contributed by atoms with Gasteiger partial charge in [-0.2, -0.15) is 11.8 Å². The van der Waals surface area contributed by atoms with Gasteiger partial charge in [-0.05, 0) is 19.8 Å². The van der Waals surface area contributed by atoms with Crippen molar-refractivity contribution in [3.05, 3.63) is 0 Å². The SMILES string of the molecule is C[C@@H](C(=O)NC1CCCC1)N1CCN(CCSC(C)(C)C)CC1. The highest BCUT2D eigenvalue weighted by molar-refractivity contribution is 8.00. The van der Waals surface area contributed by atoms with Crippen LogP contribution in [-0.2, 0) is 4.79 Å². The van der Waals surface area contributed by atoms with Crippen LogP contribution in [0.2, 0.25) is 0 Å². The van der Waals surface area contributed by atoms with Crippen molar-refractivity contribution in [2.24, 2.45) is 0 Å². The van der Waals surface area contributed by atoms with E-state index in [1.54, 1.807) is 0 Å². The normalized spacial score (nSPS) is 23.1. The molecule has 0 unspecified atom stereocenters. The van der Waals surface area contributed by atoms with E-state index in [-0.39, 0.29) is 11.9 Å². The standard InChI is InChI=1S/C18H35N3OS/c1-15(17(22)19-16-7-5-6-8-16)21-11-9-20(10-12-21)13-14-23-18(2,3)4/h15-16H,5-14H2,1-4H3,(H,19,22)/t15-/m0/s1. The molecule has 2 fully saturated rings. The number of carbonyl (C=O) groups is 1. The molecule has 0 bridgehead atoms. The Kier molecular flexibility index (Phi) is 7.23. The molecule has 0 aromatic heterocycles. The summed E-state index contributed by atoms with van der Waals surface area (Å²) in [5.74, 6) is 1.43. The van der Waals surface area contributed by atoms with E-state index in [0.717, 1.165) is 39.0 Å². The van der Waals surface area contributed by atoms with Crippen LogP contribution >= 0.6 is 11.8 Å². The predicted molar refractivity (Wildman–Crippen MR) is 100 cm³/mol. The number of nitrogens with zero attached hydrogens (tertiary/aromatic N) is 2. The molecule has 5 heteroatoms. The maximum absolute atomic E-state index is 12.4. The van der Waals surface area contributed by atoms with Crippen molar-refractivity contribution in [3.63, 3.8) is 0 Å². The van der Waals surface area contributed by atoms with Crippen molar-refractivity contribution in [1.82, 2.24) is 15.1 Å². The zero-order valence-electron chi connectivity index (χ0n) is 15.4. The molecule has 2 rings (SSSR count). The molecule has 134 valence electrons. The van der Waals surface area contributed by atoms with Gasteiger partial charge in [0, 0.05) is 49.3 Å². The maximum Gasteiger partial charge on any atom is 0.237 e. The zero-order valence-corrected chi connectivity index (χ0v) is 16.3. The summed E-state index contributed by atoms with van der Waals surface area (Å²) in [6.45, 7) is 14.3. The fourth-order valence-electron chi connectivity index (χ4n) is 3.41. The first-order valence-corrected chi connectivity index (χ1v) is 10.2. The average Bonchev–Trinajstić information content (AvgIpc) is 2.99. The van der Waals surface area contributed by atoms with Gasteiger partial charge in [-0.25, -0.2) is 0 Å². The molecule has 1 atom stereocenters. The van der Waals surface area contributed by atoms with Gasteiger partial charge in [0.05, 0.1) is 6.04 Å². The molecule has 1 N–H and O–H groups in total. The van der Waals surface area contributed by atoms with Gasteiger partial charge in [0.2, 0.25) is 5.91 Å². The third-order valence-electron chi connectivity index (χ3n) is 4.98. The second-order valence-electron chi connectivity index (χ2n) is 8.00. The van der Waals surface area contributed by atoms with Gasteiger partial charge in [0.25, 0.3) is 0 Å². The molecule has 1 heterocycles. The number of carbonyl (C=O) groups excluding carboxylic acids is 1. The second kappa shape index (κ2) is 8.72. The lowest BCUT2D eigenvalue weighted by molar-refractivity contribution is -0.127. The molecule has 0 radical (unpaired) electrons. The van der Waals surface area contributed by atoms with Crippen LogP contribution < -0.4 is 5.32 Å². The third kappa shape index (κ3) is 6.63. The quantitative estimate of drug-likeness (QED) is 0.805. The van der Waals surface area contributed by atoms with Crippen molar-refractivity contribution >= 4 is 17.7 Å². The summed E-state index contributed by atoms with van der Waals surface area (Å²) >= 11 is 2.04. The van der Waals surface area contributed by atoms with E-state index in [0.29, 0.717) is 10.8 Å². The Labute approximate surface area is 146 Å². The van der Waals surface area contributed by atoms with E-state index in [1.165, 1.54) is 25.1 Å². The minimum absolute atomic E-state index is 0.0155. The van der Waals surface area contributed by atoms with Gasteiger partial charge in [0.15, 0.2) is 0 Å². The van der Waals surface area contributed by atoms with Gasteiger partial charge >= 0.3 is 0 Å². The first kappa shape index (κ1) is 19.1. The summed E-state index contributed by atoms with van der Waals surface area (Å²) in [4.78, 5) is 17.3. The number of hydrogen-bond donors (Lipinski definition) is 1. The fraction of sp³-hybridized carbons (Fsp3) is 0.944. The van der Waals surface area contributed by atoms with Gasteiger partial charge in [0.1, 0.15) is 0 Å². The Morgan fingerprint density at radius 3 is 2.35 bits per heavy atom. The minimum Gasteiger partial charge on any atom is -0.352 e. The van der Waals surface area contributed by atoms with E-state index in [9.17, 15) is 4.79 Å². The molecule has 0 spiro atoms. The smallest absolute Gasteiger partial charge is 0.237 e. The largest absolute Gasteiger partial charge is 0.352 e. The van der Waals surface area contributed by atoms with Crippen LogP contribution in [0.25, 0.3) is 0 Å². The Hall–Kier alpha value is -0.260. The van der Waals surface area contributed by atoms with Crippen LogP contribution in [0, 0.1) is 0 Å².